The van der Waals surface area contributed by atoms with Crippen LogP contribution in [0, 0.1) is 6.92 Å². The lowest BCUT2D eigenvalue weighted by atomic mass is 9.89. The van der Waals surface area contributed by atoms with Crippen LogP contribution in [0.5, 0.6) is 0 Å². The minimum Gasteiger partial charge on any atom is -0.381 e. The lowest BCUT2D eigenvalue weighted by molar-refractivity contribution is 0.0786. The zero-order valence-electron chi connectivity index (χ0n) is 15.4. The number of hydrogen-bond donors (Lipinski definition) is 0. The summed E-state index contributed by atoms with van der Waals surface area (Å²) >= 11 is 5.36. The predicted octanol–water partition coefficient (Wildman–Crippen LogP) is 4.91. The van der Waals surface area contributed by atoms with E-state index in [2.05, 4.69) is 27.2 Å². The molecule has 2 heterocycles. The summed E-state index contributed by atoms with van der Waals surface area (Å²) in [5.74, 6) is 0. The first-order chi connectivity index (χ1) is 13.4. The Hall–Kier alpha value is -1.35. The van der Waals surface area contributed by atoms with Crippen molar-refractivity contribution < 1.29 is 17.4 Å². The van der Waals surface area contributed by atoms with E-state index in [1.165, 1.54) is 12.1 Å². The molecule has 0 aromatic heterocycles. The molecule has 5 nitrogen and oxygen atoms in total. The Morgan fingerprint density at radius 1 is 1.14 bits per heavy atom. The third kappa shape index (κ3) is 4.15. The highest BCUT2D eigenvalue weighted by molar-refractivity contribution is 9.10. The van der Waals surface area contributed by atoms with Crippen molar-refractivity contribution in [2.75, 3.05) is 13.2 Å². The summed E-state index contributed by atoms with van der Waals surface area (Å²) in [4.78, 5) is 1.18. The van der Waals surface area contributed by atoms with Crippen LogP contribution in [0.15, 0.2) is 61.9 Å². The van der Waals surface area contributed by atoms with Crippen molar-refractivity contribution in [1.82, 2.24) is 0 Å². The monoisotopic (exact) mass is 481 g/mol. The molecule has 2 aliphatic rings. The lowest BCUT2D eigenvalue weighted by Gasteiger charge is -2.40. The second-order valence-electron chi connectivity index (χ2n) is 7.09. The Balaban J connectivity index is 1.68. The fourth-order valence-electron chi connectivity index (χ4n) is 3.43. The average molecular weight is 482 g/mol. The number of hydrogen-bond acceptors (Lipinski definition) is 6. The maximum atomic E-state index is 12.6. The Morgan fingerprint density at radius 2 is 1.86 bits per heavy atom. The molecule has 0 radical (unpaired) electrons. The minimum absolute atomic E-state index is 0.0398. The number of fused-ring (bicyclic) bond motifs is 1. The average Bonchev–Trinajstić information content (AvgIpc) is 2.67. The van der Waals surface area contributed by atoms with Crippen LogP contribution in [0.25, 0.3) is 0 Å². The van der Waals surface area contributed by atoms with Gasteiger partial charge < -0.3 is 4.74 Å². The first kappa shape index (κ1) is 19.9. The van der Waals surface area contributed by atoms with Crippen LogP contribution in [0.4, 0.5) is 0 Å². The van der Waals surface area contributed by atoms with Crippen molar-refractivity contribution in [1.29, 1.82) is 0 Å². The normalized spacial score (nSPS) is 20.1. The highest BCUT2D eigenvalue weighted by Gasteiger charge is 2.40. The molecule has 2 aromatic rings. The van der Waals surface area contributed by atoms with E-state index < -0.39 is 10.1 Å². The molecule has 0 bridgehead atoms. The summed E-state index contributed by atoms with van der Waals surface area (Å²) in [5.41, 5.74) is 2.57. The van der Waals surface area contributed by atoms with Crippen LogP contribution in [-0.4, -0.2) is 32.1 Å². The van der Waals surface area contributed by atoms with E-state index in [0.29, 0.717) is 25.3 Å². The Kier molecular flexibility index (Phi) is 5.57. The van der Waals surface area contributed by atoms with Crippen molar-refractivity contribution in [2.24, 2.45) is 5.16 Å². The lowest BCUT2D eigenvalue weighted by Crippen LogP contribution is -2.38. The number of thioether (sulfide) groups is 1. The summed E-state index contributed by atoms with van der Waals surface area (Å²) in [6.07, 6.45) is 2.44. The second kappa shape index (κ2) is 7.82. The third-order valence-electron chi connectivity index (χ3n) is 5.03. The largest absolute Gasteiger partial charge is 0.381 e. The van der Waals surface area contributed by atoms with E-state index in [-0.39, 0.29) is 9.64 Å². The van der Waals surface area contributed by atoms with Gasteiger partial charge in [-0.25, -0.2) is 0 Å². The molecule has 1 spiro atoms. The molecule has 1 saturated heterocycles. The molecule has 0 saturated carbocycles. The van der Waals surface area contributed by atoms with Crippen molar-refractivity contribution in [3.8, 4) is 0 Å². The summed E-state index contributed by atoms with van der Waals surface area (Å²) in [5, 5.41) is 4.13. The first-order valence-electron chi connectivity index (χ1n) is 9.01. The van der Waals surface area contributed by atoms with Gasteiger partial charge in [0.15, 0.2) is 0 Å². The van der Waals surface area contributed by atoms with Gasteiger partial charge in [0.05, 0.1) is 5.71 Å². The van der Waals surface area contributed by atoms with E-state index in [0.717, 1.165) is 33.3 Å². The van der Waals surface area contributed by atoms with Gasteiger partial charge in [-0.1, -0.05) is 44.8 Å². The quantitative estimate of drug-likeness (QED) is 0.582. The van der Waals surface area contributed by atoms with E-state index in [1.54, 1.807) is 12.1 Å². The molecule has 4 rings (SSSR count). The van der Waals surface area contributed by atoms with Crippen molar-refractivity contribution in [3.63, 3.8) is 0 Å². The van der Waals surface area contributed by atoms with Gasteiger partial charge in [0, 0.05) is 39.3 Å². The van der Waals surface area contributed by atoms with Crippen LogP contribution >= 0.6 is 27.7 Å². The van der Waals surface area contributed by atoms with Crippen molar-refractivity contribution in [2.45, 2.75) is 40.7 Å². The van der Waals surface area contributed by atoms with Crippen LogP contribution in [-0.2, 0) is 19.1 Å². The van der Waals surface area contributed by atoms with Gasteiger partial charge in [-0.15, -0.1) is 11.8 Å². The Labute approximate surface area is 177 Å². The van der Waals surface area contributed by atoms with Crippen LogP contribution in [0.1, 0.15) is 30.4 Å². The number of benzene rings is 2. The number of ether oxygens (including phenoxy) is 1. The molecule has 28 heavy (non-hydrogen) atoms. The van der Waals surface area contributed by atoms with Crippen LogP contribution in [0.3, 0.4) is 0 Å². The van der Waals surface area contributed by atoms with Gasteiger partial charge in [0.1, 0.15) is 4.90 Å². The molecule has 148 valence electrons. The summed E-state index contributed by atoms with van der Waals surface area (Å²) in [6.45, 7) is 3.30. The fraction of sp³-hybridized carbons (Fsp3) is 0.350. The van der Waals surface area contributed by atoms with Crippen molar-refractivity contribution >= 4 is 43.5 Å². The van der Waals surface area contributed by atoms with Crippen molar-refractivity contribution in [3.05, 3.63) is 58.1 Å². The number of nitrogens with zero attached hydrogens (tertiary/aromatic N) is 1. The molecule has 8 heteroatoms. The molecule has 0 aliphatic carbocycles. The molecule has 0 amide bonds. The van der Waals surface area contributed by atoms with Gasteiger partial charge in [-0.2, -0.15) is 8.42 Å². The van der Waals surface area contributed by atoms with Gasteiger partial charge >= 0.3 is 10.1 Å². The maximum Gasteiger partial charge on any atom is 0.358 e. The molecule has 2 aliphatic heterocycles. The van der Waals surface area contributed by atoms with Gasteiger partial charge in [-0.05, 0) is 44.0 Å². The number of rotatable bonds is 3. The molecule has 0 unspecified atom stereocenters. The zero-order valence-corrected chi connectivity index (χ0v) is 18.6. The maximum absolute atomic E-state index is 12.6. The predicted molar refractivity (Wildman–Crippen MR) is 113 cm³/mol. The molecule has 1 fully saturated rings. The number of halogens is 1. The molecule has 0 N–H and O–H groups in total. The minimum atomic E-state index is -3.96. The Bertz CT molecular complexity index is 1010. The standard InChI is InChI=1S/C20H20BrNO4S2/c1-14-2-5-16(6-3-14)28(23,24)26-22-18-13-20(8-10-25-11-9-20)27-19-12-15(21)4-7-17(18)19/h2-7,12H,8-11,13H2,1H3/b22-18+. The first-order valence-corrected chi connectivity index (χ1v) is 12.0. The van der Waals surface area contributed by atoms with E-state index >= 15 is 0 Å². The molecule has 0 atom stereocenters. The third-order valence-corrected chi connectivity index (χ3v) is 8.19. The topological polar surface area (TPSA) is 65.0 Å². The van der Waals surface area contributed by atoms with E-state index in [1.807, 2.05) is 30.8 Å². The molecular weight excluding hydrogens is 462 g/mol. The molecule has 2 aromatic carbocycles. The zero-order chi connectivity index (χ0) is 19.8. The number of aryl methyl sites for hydroxylation is 1. The summed E-state index contributed by atoms with van der Waals surface area (Å²) in [7, 11) is -3.96. The fourth-order valence-corrected chi connectivity index (χ4v) is 6.22. The summed E-state index contributed by atoms with van der Waals surface area (Å²) in [6, 6.07) is 12.5. The van der Waals surface area contributed by atoms with Crippen LogP contribution in [0.2, 0.25) is 0 Å². The molecular formula is C20H20BrNO4S2. The van der Waals surface area contributed by atoms with Gasteiger partial charge in [-0.3, -0.25) is 4.28 Å². The van der Waals surface area contributed by atoms with E-state index in [9.17, 15) is 8.42 Å². The van der Waals surface area contributed by atoms with E-state index in [4.69, 9.17) is 9.02 Å². The highest BCUT2D eigenvalue weighted by Crippen LogP contribution is 2.49. The SMILES string of the molecule is Cc1ccc(S(=O)(=O)O/N=C2\CC3(CCOCC3)Sc3cc(Br)ccc32)cc1. The van der Waals surface area contributed by atoms with Gasteiger partial charge in [0.25, 0.3) is 0 Å². The smallest absolute Gasteiger partial charge is 0.358 e. The highest BCUT2D eigenvalue weighted by atomic mass is 79.9. The van der Waals surface area contributed by atoms with Gasteiger partial charge in [0.2, 0.25) is 0 Å². The Morgan fingerprint density at radius 3 is 2.57 bits per heavy atom. The van der Waals surface area contributed by atoms with Crippen LogP contribution < -0.4 is 0 Å². The second-order valence-corrected chi connectivity index (χ2v) is 11.0. The summed E-state index contributed by atoms with van der Waals surface area (Å²) < 4.78 is 36.7. The number of oxime groups is 1.